The summed E-state index contributed by atoms with van der Waals surface area (Å²) in [7, 11) is 1.51. The fourth-order valence-corrected chi connectivity index (χ4v) is 1.15. The van der Waals surface area contributed by atoms with Crippen LogP contribution in [0.2, 0.25) is 0 Å². The first-order valence-electron chi connectivity index (χ1n) is 5.18. The van der Waals surface area contributed by atoms with Crippen molar-refractivity contribution in [3.05, 3.63) is 11.6 Å². The van der Waals surface area contributed by atoms with Crippen LogP contribution in [-0.2, 0) is 11.3 Å². The van der Waals surface area contributed by atoms with E-state index in [0.717, 1.165) is 0 Å². The van der Waals surface area contributed by atoms with E-state index in [1.165, 1.54) is 11.9 Å². The van der Waals surface area contributed by atoms with Gasteiger partial charge in [-0.25, -0.2) is 14.6 Å². The number of urea groups is 1. The van der Waals surface area contributed by atoms with Crippen molar-refractivity contribution in [1.29, 1.82) is 0 Å². The Hall–Kier alpha value is -2.16. The third kappa shape index (κ3) is 4.01. The number of carbonyl (C=O) groups excluding carboxylic acids is 1. The minimum absolute atomic E-state index is 0.180. The Labute approximate surface area is 103 Å². The Balaban J connectivity index is 2.39. The van der Waals surface area contributed by atoms with Gasteiger partial charge in [-0.15, -0.1) is 0 Å². The quantitative estimate of drug-likeness (QED) is 0.518. The Morgan fingerprint density at radius 2 is 2.22 bits per heavy atom. The predicted molar refractivity (Wildman–Crippen MR) is 59.6 cm³/mol. The monoisotopic (exact) mass is 257 g/mol. The van der Waals surface area contributed by atoms with Crippen molar-refractivity contribution in [1.82, 2.24) is 25.4 Å². The molecule has 0 saturated heterocycles. The second-order valence-electron chi connectivity index (χ2n) is 3.73. The van der Waals surface area contributed by atoms with Crippen LogP contribution in [0.25, 0.3) is 0 Å². The standard InChI is InChI=1S/C9H15N5O4/c1-5-11-7(13-12-5)4-14(2)9(18)10-3-6(15)8(16)17/h6,15H,3-4H2,1-2H3,(H,10,18)(H,16,17)(H,11,12,13). The summed E-state index contributed by atoms with van der Waals surface area (Å²) in [4.78, 5) is 27.2. The molecular formula is C9H15N5O4. The highest BCUT2D eigenvalue weighted by atomic mass is 16.4. The Morgan fingerprint density at radius 1 is 1.56 bits per heavy atom. The van der Waals surface area contributed by atoms with Gasteiger partial charge in [-0.2, -0.15) is 5.10 Å². The maximum atomic E-state index is 11.5. The van der Waals surface area contributed by atoms with Crippen LogP contribution in [0.5, 0.6) is 0 Å². The van der Waals surface area contributed by atoms with Gasteiger partial charge in [0.15, 0.2) is 11.9 Å². The lowest BCUT2D eigenvalue weighted by Gasteiger charge is -2.16. The highest BCUT2D eigenvalue weighted by molar-refractivity contribution is 5.76. The van der Waals surface area contributed by atoms with E-state index >= 15 is 0 Å². The maximum Gasteiger partial charge on any atom is 0.334 e. The molecule has 1 unspecified atom stereocenters. The normalized spacial score (nSPS) is 11.9. The van der Waals surface area contributed by atoms with Gasteiger partial charge in [0.2, 0.25) is 0 Å². The van der Waals surface area contributed by atoms with Crippen LogP contribution in [0.3, 0.4) is 0 Å². The SMILES string of the molecule is Cc1nc(CN(C)C(=O)NCC(O)C(=O)O)n[nH]1. The molecule has 0 saturated carbocycles. The predicted octanol–water partition coefficient (Wildman–Crippen LogP) is -1.30. The fraction of sp³-hybridized carbons (Fsp3) is 0.556. The van der Waals surface area contributed by atoms with Gasteiger partial charge >= 0.3 is 12.0 Å². The number of hydrogen-bond acceptors (Lipinski definition) is 5. The van der Waals surface area contributed by atoms with E-state index in [2.05, 4.69) is 20.5 Å². The highest BCUT2D eigenvalue weighted by Crippen LogP contribution is 1.97. The molecule has 0 aromatic carbocycles. The van der Waals surface area contributed by atoms with Gasteiger partial charge in [0.05, 0.1) is 13.1 Å². The third-order valence-corrected chi connectivity index (χ3v) is 2.10. The lowest BCUT2D eigenvalue weighted by atomic mass is 10.3. The van der Waals surface area contributed by atoms with Crippen molar-refractivity contribution in [2.45, 2.75) is 19.6 Å². The van der Waals surface area contributed by atoms with Crippen molar-refractivity contribution >= 4 is 12.0 Å². The molecule has 2 amide bonds. The van der Waals surface area contributed by atoms with Gasteiger partial charge in [-0.3, -0.25) is 5.10 Å². The number of aliphatic hydroxyl groups excluding tert-OH is 1. The van der Waals surface area contributed by atoms with Gasteiger partial charge in [0.1, 0.15) is 5.82 Å². The largest absolute Gasteiger partial charge is 0.479 e. The summed E-state index contributed by atoms with van der Waals surface area (Å²) in [5, 5.41) is 26.2. The number of aliphatic carboxylic acids is 1. The smallest absolute Gasteiger partial charge is 0.334 e. The van der Waals surface area contributed by atoms with Gasteiger partial charge < -0.3 is 20.4 Å². The molecule has 1 aromatic heterocycles. The second kappa shape index (κ2) is 5.96. The van der Waals surface area contributed by atoms with Crippen LogP contribution in [0.1, 0.15) is 11.6 Å². The van der Waals surface area contributed by atoms with E-state index in [-0.39, 0.29) is 13.1 Å². The summed E-state index contributed by atoms with van der Waals surface area (Å²) in [6.07, 6.45) is -1.62. The average Bonchev–Trinajstić information content (AvgIpc) is 2.70. The van der Waals surface area contributed by atoms with Crippen LogP contribution >= 0.6 is 0 Å². The van der Waals surface area contributed by atoms with Crippen molar-refractivity contribution < 1.29 is 19.8 Å². The highest BCUT2D eigenvalue weighted by Gasteiger charge is 2.16. The average molecular weight is 257 g/mol. The van der Waals surface area contributed by atoms with E-state index in [1.807, 2.05) is 0 Å². The van der Waals surface area contributed by atoms with E-state index < -0.39 is 18.1 Å². The number of aliphatic hydroxyl groups is 1. The van der Waals surface area contributed by atoms with E-state index in [9.17, 15) is 9.59 Å². The number of aryl methyl sites for hydroxylation is 1. The zero-order chi connectivity index (χ0) is 13.7. The molecular weight excluding hydrogens is 242 g/mol. The van der Waals surface area contributed by atoms with Crippen LogP contribution < -0.4 is 5.32 Å². The minimum atomic E-state index is -1.62. The maximum absolute atomic E-state index is 11.5. The number of nitrogens with zero attached hydrogens (tertiary/aromatic N) is 3. The number of aromatic nitrogens is 3. The van der Waals surface area contributed by atoms with Gasteiger partial charge in [0, 0.05) is 7.05 Å². The van der Waals surface area contributed by atoms with E-state index in [1.54, 1.807) is 6.92 Å². The molecule has 0 spiro atoms. The molecule has 0 fully saturated rings. The number of carboxylic acids is 1. The molecule has 1 rings (SSSR count). The molecule has 0 radical (unpaired) electrons. The Kier molecular flexibility index (Phi) is 4.60. The van der Waals surface area contributed by atoms with Crippen LogP contribution in [0, 0.1) is 6.92 Å². The lowest BCUT2D eigenvalue weighted by molar-refractivity contribution is -0.146. The zero-order valence-corrected chi connectivity index (χ0v) is 10.0. The Bertz CT molecular complexity index is 432. The van der Waals surface area contributed by atoms with Crippen molar-refractivity contribution in [2.24, 2.45) is 0 Å². The summed E-state index contributed by atoms with van der Waals surface area (Å²) >= 11 is 0. The molecule has 4 N–H and O–H groups in total. The number of H-pyrrole nitrogens is 1. The molecule has 0 aliphatic carbocycles. The summed E-state index contributed by atoms with van der Waals surface area (Å²) in [6, 6.07) is -0.516. The first-order chi connectivity index (χ1) is 8.40. The van der Waals surface area contributed by atoms with E-state index in [0.29, 0.717) is 11.6 Å². The first-order valence-corrected chi connectivity index (χ1v) is 5.18. The Morgan fingerprint density at radius 3 is 2.72 bits per heavy atom. The van der Waals surface area contributed by atoms with Crippen LogP contribution in [-0.4, -0.2) is 62.0 Å². The topological polar surface area (TPSA) is 131 Å². The molecule has 100 valence electrons. The molecule has 0 aliphatic heterocycles. The molecule has 0 bridgehead atoms. The van der Waals surface area contributed by atoms with Crippen LogP contribution in [0.4, 0.5) is 4.79 Å². The number of carboxylic acid groups (broad SMARTS) is 1. The fourth-order valence-electron chi connectivity index (χ4n) is 1.15. The number of hydrogen-bond donors (Lipinski definition) is 4. The van der Waals surface area contributed by atoms with E-state index in [4.69, 9.17) is 10.2 Å². The second-order valence-corrected chi connectivity index (χ2v) is 3.73. The van der Waals surface area contributed by atoms with Crippen LogP contribution in [0.15, 0.2) is 0 Å². The lowest BCUT2D eigenvalue weighted by Crippen LogP contribution is -2.42. The van der Waals surface area contributed by atoms with Crippen molar-refractivity contribution in [3.63, 3.8) is 0 Å². The number of rotatable bonds is 5. The summed E-state index contributed by atoms with van der Waals surface area (Å²) in [5.41, 5.74) is 0. The number of amides is 2. The molecule has 18 heavy (non-hydrogen) atoms. The third-order valence-electron chi connectivity index (χ3n) is 2.10. The summed E-state index contributed by atoms with van der Waals surface area (Å²) in [5.74, 6) is -0.299. The molecule has 9 heteroatoms. The molecule has 9 nitrogen and oxygen atoms in total. The summed E-state index contributed by atoms with van der Waals surface area (Å²) < 4.78 is 0. The van der Waals surface area contributed by atoms with Crippen molar-refractivity contribution in [3.8, 4) is 0 Å². The number of aromatic amines is 1. The minimum Gasteiger partial charge on any atom is -0.479 e. The zero-order valence-electron chi connectivity index (χ0n) is 10.0. The molecule has 1 atom stereocenters. The van der Waals surface area contributed by atoms with Gasteiger partial charge in [0.25, 0.3) is 0 Å². The molecule has 1 heterocycles. The number of carbonyl (C=O) groups is 2. The van der Waals surface area contributed by atoms with Crippen molar-refractivity contribution in [2.75, 3.05) is 13.6 Å². The summed E-state index contributed by atoms with van der Waals surface area (Å²) in [6.45, 7) is 1.56. The van der Waals surface area contributed by atoms with Gasteiger partial charge in [-0.1, -0.05) is 0 Å². The molecule has 1 aromatic rings. The molecule has 0 aliphatic rings. The number of nitrogens with one attached hydrogen (secondary N) is 2. The van der Waals surface area contributed by atoms with Gasteiger partial charge in [-0.05, 0) is 6.92 Å². The first kappa shape index (κ1) is 13.9.